The maximum atomic E-state index is 5.80. The van der Waals surface area contributed by atoms with Gasteiger partial charge >= 0.3 is 0 Å². The number of hydrogen-bond donors (Lipinski definition) is 1. The molecule has 1 N–H and O–H groups in total. The van der Waals surface area contributed by atoms with Gasteiger partial charge in [-0.1, -0.05) is 6.92 Å². The lowest BCUT2D eigenvalue weighted by Gasteiger charge is -2.18. The molecule has 2 rings (SSSR count). The number of ether oxygens (including phenoxy) is 1. The van der Waals surface area contributed by atoms with Crippen LogP contribution in [0.15, 0.2) is 22.9 Å². The highest BCUT2D eigenvalue weighted by molar-refractivity contribution is 9.10. The van der Waals surface area contributed by atoms with Crippen LogP contribution >= 0.6 is 15.9 Å². The van der Waals surface area contributed by atoms with Gasteiger partial charge in [-0.05, 0) is 35.0 Å². The first kappa shape index (κ1) is 12.0. The first-order valence-corrected chi connectivity index (χ1v) is 6.53. The Labute approximate surface area is 105 Å². The van der Waals surface area contributed by atoms with Crippen molar-refractivity contribution >= 4 is 15.9 Å². The van der Waals surface area contributed by atoms with Gasteiger partial charge in [0.15, 0.2) is 0 Å². The van der Waals surface area contributed by atoms with E-state index in [0.717, 1.165) is 30.6 Å². The summed E-state index contributed by atoms with van der Waals surface area (Å²) in [5.74, 6) is 0.566. The van der Waals surface area contributed by atoms with Crippen LogP contribution in [-0.4, -0.2) is 24.7 Å². The van der Waals surface area contributed by atoms with Crippen LogP contribution in [0.5, 0.6) is 0 Å². The Morgan fingerprint density at radius 3 is 3.19 bits per heavy atom. The van der Waals surface area contributed by atoms with Gasteiger partial charge in [-0.2, -0.15) is 0 Å². The zero-order chi connectivity index (χ0) is 11.4. The third-order valence-electron chi connectivity index (χ3n) is 2.93. The van der Waals surface area contributed by atoms with E-state index in [4.69, 9.17) is 4.74 Å². The highest BCUT2D eigenvalue weighted by Gasteiger charge is 2.29. The lowest BCUT2D eigenvalue weighted by atomic mass is 9.96. The molecule has 88 valence electrons. The Hall–Kier alpha value is -0.450. The molecule has 1 aromatic rings. The highest BCUT2D eigenvalue weighted by Crippen LogP contribution is 2.34. The summed E-state index contributed by atoms with van der Waals surface area (Å²) in [4.78, 5) is 4.20. The smallest absolute Gasteiger partial charge is 0.0881 e. The fraction of sp³-hybridized carbons (Fsp3) is 0.583. The molecule has 1 aliphatic heterocycles. The van der Waals surface area contributed by atoms with Gasteiger partial charge in [0.05, 0.1) is 6.10 Å². The summed E-state index contributed by atoms with van der Waals surface area (Å²) in [6, 6.07) is 2.10. The van der Waals surface area contributed by atoms with Gasteiger partial charge in [-0.3, -0.25) is 4.98 Å². The highest BCUT2D eigenvalue weighted by atomic mass is 79.9. The monoisotopic (exact) mass is 284 g/mol. The van der Waals surface area contributed by atoms with Crippen molar-refractivity contribution in [2.45, 2.75) is 19.4 Å². The fourth-order valence-corrected chi connectivity index (χ4v) is 2.51. The minimum atomic E-state index is 0.198. The van der Waals surface area contributed by atoms with E-state index in [2.05, 4.69) is 39.2 Å². The van der Waals surface area contributed by atoms with E-state index in [1.807, 2.05) is 6.20 Å². The third kappa shape index (κ3) is 2.81. The first-order chi connectivity index (χ1) is 7.81. The number of aromatic nitrogens is 1. The number of nitrogens with one attached hydrogen (secondary N) is 1. The molecule has 1 aliphatic rings. The van der Waals surface area contributed by atoms with Crippen LogP contribution in [0.25, 0.3) is 0 Å². The van der Waals surface area contributed by atoms with Gasteiger partial charge < -0.3 is 10.1 Å². The van der Waals surface area contributed by atoms with Crippen LogP contribution < -0.4 is 5.32 Å². The number of rotatable bonds is 4. The van der Waals surface area contributed by atoms with Crippen molar-refractivity contribution in [3.05, 3.63) is 28.5 Å². The SMILES string of the molecule is CCNCC1CCOC1c1cncc(Br)c1. The molecule has 0 radical (unpaired) electrons. The average molecular weight is 285 g/mol. The molecule has 0 amide bonds. The maximum Gasteiger partial charge on any atom is 0.0881 e. The predicted molar refractivity (Wildman–Crippen MR) is 67.3 cm³/mol. The molecule has 2 unspecified atom stereocenters. The van der Waals surface area contributed by atoms with Crippen molar-refractivity contribution in [2.24, 2.45) is 5.92 Å². The van der Waals surface area contributed by atoms with Crippen LogP contribution in [0.3, 0.4) is 0 Å². The fourth-order valence-electron chi connectivity index (χ4n) is 2.12. The van der Waals surface area contributed by atoms with Crippen LogP contribution in [0.1, 0.15) is 25.0 Å². The van der Waals surface area contributed by atoms with Crippen molar-refractivity contribution in [2.75, 3.05) is 19.7 Å². The van der Waals surface area contributed by atoms with Gasteiger partial charge in [-0.25, -0.2) is 0 Å². The summed E-state index contributed by atoms with van der Waals surface area (Å²) in [6.07, 6.45) is 5.03. The number of nitrogens with zero attached hydrogens (tertiary/aromatic N) is 1. The molecule has 4 heteroatoms. The van der Waals surface area contributed by atoms with E-state index < -0.39 is 0 Å². The molecule has 0 saturated carbocycles. The van der Waals surface area contributed by atoms with Gasteiger partial charge in [0, 0.05) is 41.5 Å². The summed E-state index contributed by atoms with van der Waals surface area (Å²) in [7, 11) is 0. The van der Waals surface area contributed by atoms with Crippen molar-refractivity contribution < 1.29 is 4.74 Å². The molecular formula is C12H17BrN2O. The number of halogens is 1. The molecular weight excluding hydrogens is 268 g/mol. The normalized spacial score (nSPS) is 24.9. The van der Waals surface area contributed by atoms with E-state index in [-0.39, 0.29) is 6.10 Å². The minimum Gasteiger partial charge on any atom is -0.373 e. The average Bonchev–Trinajstić information content (AvgIpc) is 2.74. The van der Waals surface area contributed by atoms with Gasteiger partial charge in [0.2, 0.25) is 0 Å². The summed E-state index contributed by atoms with van der Waals surface area (Å²) in [5.41, 5.74) is 1.18. The van der Waals surface area contributed by atoms with Crippen molar-refractivity contribution in [3.63, 3.8) is 0 Å². The molecule has 1 fully saturated rings. The molecule has 0 bridgehead atoms. The molecule has 0 aromatic carbocycles. The second-order valence-electron chi connectivity index (χ2n) is 4.08. The molecule has 1 saturated heterocycles. The standard InChI is InChI=1S/C12H17BrN2O/c1-2-14-6-9-3-4-16-12(9)10-5-11(13)8-15-7-10/h5,7-9,12,14H,2-4,6H2,1H3. The minimum absolute atomic E-state index is 0.198. The van der Waals surface area contributed by atoms with E-state index in [0.29, 0.717) is 5.92 Å². The number of pyridine rings is 1. The summed E-state index contributed by atoms with van der Waals surface area (Å²) in [5, 5.41) is 3.39. The molecule has 2 atom stereocenters. The predicted octanol–water partition coefficient (Wildman–Crippen LogP) is 2.53. The Morgan fingerprint density at radius 1 is 1.56 bits per heavy atom. The molecule has 3 nitrogen and oxygen atoms in total. The Balaban J connectivity index is 2.07. The lowest BCUT2D eigenvalue weighted by Crippen LogP contribution is -2.24. The topological polar surface area (TPSA) is 34.1 Å². The van der Waals surface area contributed by atoms with Crippen LogP contribution in [0.2, 0.25) is 0 Å². The first-order valence-electron chi connectivity index (χ1n) is 5.74. The van der Waals surface area contributed by atoms with Crippen molar-refractivity contribution in [1.82, 2.24) is 10.3 Å². The van der Waals surface area contributed by atoms with Crippen LogP contribution in [0.4, 0.5) is 0 Å². The summed E-state index contributed by atoms with van der Waals surface area (Å²) in [6.45, 7) is 5.02. The maximum absolute atomic E-state index is 5.80. The van der Waals surface area contributed by atoms with Crippen molar-refractivity contribution in [1.29, 1.82) is 0 Å². The Bertz CT molecular complexity index is 346. The molecule has 2 heterocycles. The molecule has 0 spiro atoms. The van der Waals surface area contributed by atoms with Gasteiger partial charge in [0.1, 0.15) is 0 Å². The summed E-state index contributed by atoms with van der Waals surface area (Å²) < 4.78 is 6.82. The van der Waals surface area contributed by atoms with E-state index in [9.17, 15) is 0 Å². The number of hydrogen-bond acceptors (Lipinski definition) is 3. The van der Waals surface area contributed by atoms with Crippen molar-refractivity contribution in [3.8, 4) is 0 Å². The molecule has 16 heavy (non-hydrogen) atoms. The zero-order valence-electron chi connectivity index (χ0n) is 9.45. The van der Waals surface area contributed by atoms with Gasteiger partial charge in [0.25, 0.3) is 0 Å². The Kier molecular flexibility index (Phi) is 4.32. The van der Waals surface area contributed by atoms with E-state index in [1.54, 1.807) is 6.20 Å². The van der Waals surface area contributed by atoms with Crippen LogP contribution in [0, 0.1) is 5.92 Å². The second kappa shape index (κ2) is 5.75. The van der Waals surface area contributed by atoms with Gasteiger partial charge in [-0.15, -0.1) is 0 Å². The van der Waals surface area contributed by atoms with E-state index >= 15 is 0 Å². The largest absolute Gasteiger partial charge is 0.373 e. The molecule has 1 aromatic heterocycles. The second-order valence-corrected chi connectivity index (χ2v) is 5.00. The lowest BCUT2D eigenvalue weighted by molar-refractivity contribution is 0.0903. The zero-order valence-corrected chi connectivity index (χ0v) is 11.0. The summed E-state index contributed by atoms with van der Waals surface area (Å²) >= 11 is 3.45. The third-order valence-corrected chi connectivity index (χ3v) is 3.36. The Morgan fingerprint density at radius 2 is 2.44 bits per heavy atom. The van der Waals surface area contributed by atoms with Crippen LogP contribution in [-0.2, 0) is 4.74 Å². The quantitative estimate of drug-likeness (QED) is 0.923. The molecule has 0 aliphatic carbocycles. The van der Waals surface area contributed by atoms with E-state index in [1.165, 1.54) is 5.56 Å².